The largest absolute Gasteiger partial charge is 0.376 e. The fourth-order valence-electron chi connectivity index (χ4n) is 3.72. The van der Waals surface area contributed by atoms with E-state index in [4.69, 9.17) is 4.74 Å². The van der Waals surface area contributed by atoms with Crippen molar-refractivity contribution in [3.05, 3.63) is 75.9 Å². The van der Waals surface area contributed by atoms with Crippen LogP contribution in [0.15, 0.2) is 64.8 Å². The summed E-state index contributed by atoms with van der Waals surface area (Å²) >= 11 is 3.47. The zero-order valence-corrected chi connectivity index (χ0v) is 18.1. The lowest BCUT2D eigenvalue weighted by atomic mass is 10.1. The normalized spacial score (nSPS) is 16.5. The molecule has 1 aliphatic rings. The Morgan fingerprint density at radius 1 is 1.27 bits per heavy atom. The number of benzene rings is 2. The molecule has 1 aliphatic heterocycles. The van der Waals surface area contributed by atoms with Crippen molar-refractivity contribution in [3.63, 3.8) is 0 Å². The molecule has 1 amide bonds. The van der Waals surface area contributed by atoms with E-state index in [-0.39, 0.29) is 17.6 Å². The SMILES string of the molecule is N#C/C(=C\c1cn(Cc2ccc(Br)cc2)c2ccccc12)C(=O)NC[C@@H]1CCCO1. The molecule has 2 heterocycles. The van der Waals surface area contributed by atoms with Gasteiger partial charge < -0.3 is 14.6 Å². The lowest BCUT2D eigenvalue weighted by Crippen LogP contribution is -2.32. The van der Waals surface area contributed by atoms with E-state index in [9.17, 15) is 10.1 Å². The molecule has 30 heavy (non-hydrogen) atoms. The van der Waals surface area contributed by atoms with Gasteiger partial charge in [-0.2, -0.15) is 5.26 Å². The number of nitriles is 1. The molecule has 0 aliphatic carbocycles. The van der Waals surface area contributed by atoms with Crippen molar-refractivity contribution in [1.82, 2.24) is 9.88 Å². The monoisotopic (exact) mass is 463 g/mol. The highest BCUT2D eigenvalue weighted by molar-refractivity contribution is 9.10. The Labute approximate surface area is 184 Å². The van der Waals surface area contributed by atoms with E-state index < -0.39 is 0 Å². The smallest absolute Gasteiger partial charge is 0.262 e. The highest BCUT2D eigenvalue weighted by Gasteiger charge is 2.18. The quantitative estimate of drug-likeness (QED) is 0.427. The number of nitrogens with one attached hydrogen (secondary N) is 1. The van der Waals surface area contributed by atoms with Gasteiger partial charge in [-0.05, 0) is 42.7 Å². The molecule has 2 aromatic carbocycles. The average Bonchev–Trinajstić information content (AvgIpc) is 3.40. The summed E-state index contributed by atoms with van der Waals surface area (Å²) in [6.07, 6.45) is 5.67. The van der Waals surface area contributed by atoms with Gasteiger partial charge in [0.1, 0.15) is 11.6 Å². The Balaban J connectivity index is 1.60. The average molecular weight is 464 g/mol. The van der Waals surface area contributed by atoms with Crippen molar-refractivity contribution < 1.29 is 9.53 Å². The maximum atomic E-state index is 12.5. The van der Waals surface area contributed by atoms with Gasteiger partial charge in [-0.1, -0.05) is 46.3 Å². The van der Waals surface area contributed by atoms with E-state index in [0.717, 1.165) is 40.4 Å². The molecule has 1 aromatic heterocycles. The molecule has 0 radical (unpaired) electrons. The van der Waals surface area contributed by atoms with Crippen molar-refractivity contribution in [1.29, 1.82) is 5.26 Å². The maximum Gasteiger partial charge on any atom is 0.262 e. The van der Waals surface area contributed by atoms with Crippen molar-refractivity contribution in [2.45, 2.75) is 25.5 Å². The zero-order valence-electron chi connectivity index (χ0n) is 16.5. The molecule has 1 saturated heterocycles. The summed E-state index contributed by atoms with van der Waals surface area (Å²) in [7, 11) is 0. The predicted molar refractivity (Wildman–Crippen MR) is 121 cm³/mol. The second-order valence-electron chi connectivity index (χ2n) is 7.37. The van der Waals surface area contributed by atoms with Crippen LogP contribution in [-0.4, -0.2) is 29.7 Å². The highest BCUT2D eigenvalue weighted by Crippen LogP contribution is 2.25. The summed E-state index contributed by atoms with van der Waals surface area (Å²) in [6.45, 7) is 1.87. The van der Waals surface area contributed by atoms with Gasteiger partial charge in [-0.25, -0.2) is 0 Å². The molecule has 4 rings (SSSR count). The van der Waals surface area contributed by atoms with Crippen LogP contribution in [0.4, 0.5) is 0 Å². The number of hydrogen-bond acceptors (Lipinski definition) is 3. The van der Waals surface area contributed by atoms with Gasteiger partial charge in [0.05, 0.1) is 6.10 Å². The number of ether oxygens (including phenoxy) is 1. The molecule has 152 valence electrons. The molecule has 0 unspecified atom stereocenters. The van der Waals surface area contributed by atoms with E-state index >= 15 is 0 Å². The second kappa shape index (κ2) is 9.29. The highest BCUT2D eigenvalue weighted by atomic mass is 79.9. The first-order chi connectivity index (χ1) is 14.6. The van der Waals surface area contributed by atoms with E-state index in [1.165, 1.54) is 5.56 Å². The number of carbonyl (C=O) groups excluding carboxylic acids is 1. The molecule has 5 nitrogen and oxygen atoms in total. The minimum Gasteiger partial charge on any atom is -0.376 e. The van der Waals surface area contributed by atoms with Crippen LogP contribution in [0, 0.1) is 11.3 Å². The molecule has 0 bridgehead atoms. The third-order valence-electron chi connectivity index (χ3n) is 5.26. The van der Waals surface area contributed by atoms with E-state index in [0.29, 0.717) is 13.1 Å². The van der Waals surface area contributed by atoms with Gasteiger partial charge in [0.15, 0.2) is 0 Å². The Hall–Kier alpha value is -2.88. The van der Waals surface area contributed by atoms with Crippen molar-refractivity contribution in [2.75, 3.05) is 13.2 Å². The van der Waals surface area contributed by atoms with Crippen LogP contribution in [0.5, 0.6) is 0 Å². The number of aromatic nitrogens is 1. The van der Waals surface area contributed by atoms with Gasteiger partial charge in [-0.3, -0.25) is 4.79 Å². The summed E-state index contributed by atoms with van der Waals surface area (Å²) in [6, 6.07) is 18.3. The fourth-order valence-corrected chi connectivity index (χ4v) is 3.98. The Kier molecular flexibility index (Phi) is 6.32. The van der Waals surface area contributed by atoms with Gasteiger partial charge >= 0.3 is 0 Å². The first-order valence-corrected chi connectivity index (χ1v) is 10.8. The molecule has 6 heteroatoms. The summed E-state index contributed by atoms with van der Waals surface area (Å²) in [4.78, 5) is 12.5. The number of halogens is 1. The Morgan fingerprint density at radius 3 is 2.80 bits per heavy atom. The number of nitrogens with zero attached hydrogens (tertiary/aromatic N) is 2. The van der Waals surface area contributed by atoms with Crippen LogP contribution in [0.1, 0.15) is 24.0 Å². The number of para-hydroxylation sites is 1. The van der Waals surface area contributed by atoms with Gasteiger partial charge in [0.25, 0.3) is 5.91 Å². The molecule has 1 N–H and O–H groups in total. The molecular formula is C24H22BrN3O2. The van der Waals surface area contributed by atoms with Crippen LogP contribution in [0.2, 0.25) is 0 Å². The molecule has 1 atom stereocenters. The molecule has 0 spiro atoms. The third-order valence-corrected chi connectivity index (χ3v) is 5.79. The molecule has 0 saturated carbocycles. The summed E-state index contributed by atoms with van der Waals surface area (Å²) in [5, 5.41) is 13.4. The third kappa shape index (κ3) is 4.64. The van der Waals surface area contributed by atoms with Crippen LogP contribution in [0.25, 0.3) is 17.0 Å². The lowest BCUT2D eigenvalue weighted by Gasteiger charge is -2.10. The number of amides is 1. The van der Waals surface area contributed by atoms with Crippen molar-refractivity contribution >= 4 is 38.8 Å². The minimum atomic E-state index is -0.363. The van der Waals surface area contributed by atoms with Crippen molar-refractivity contribution in [2.24, 2.45) is 0 Å². The summed E-state index contributed by atoms with van der Waals surface area (Å²) < 4.78 is 8.72. The number of carbonyl (C=O) groups is 1. The standard InChI is InChI=1S/C24H22BrN3O2/c25-20-9-7-17(8-10-20)15-28-16-19(22-5-1-2-6-23(22)28)12-18(13-26)24(29)27-14-21-4-3-11-30-21/h1-2,5-10,12,16,21H,3-4,11,14-15H2,(H,27,29)/b18-12+/t21-/m0/s1. The van der Waals surface area contributed by atoms with Crippen LogP contribution >= 0.6 is 15.9 Å². The van der Waals surface area contributed by atoms with E-state index in [1.54, 1.807) is 6.08 Å². The fraction of sp³-hybridized carbons (Fsp3) is 0.250. The summed E-state index contributed by atoms with van der Waals surface area (Å²) in [5.74, 6) is -0.363. The maximum absolute atomic E-state index is 12.5. The van der Waals surface area contributed by atoms with Crippen LogP contribution < -0.4 is 5.32 Å². The topological polar surface area (TPSA) is 67.0 Å². The van der Waals surface area contributed by atoms with Gasteiger partial charge in [0.2, 0.25) is 0 Å². The molecule has 1 fully saturated rings. The van der Waals surface area contributed by atoms with Gasteiger partial charge in [-0.15, -0.1) is 0 Å². The van der Waals surface area contributed by atoms with Gasteiger partial charge in [0, 0.05) is 46.8 Å². The first-order valence-electron chi connectivity index (χ1n) is 9.98. The van der Waals surface area contributed by atoms with Crippen molar-refractivity contribution in [3.8, 4) is 6.07 Å². The Morgan fingerprint density at radius 2 is 2.07 bits per heavy atom. The number of rotatable bonds is 6. The van der Waals surface area contributed by atoms with E-state index in [1.807, 2.05) is 42.6 Å². The summed E-state index contributed by atoms with van der Waals surface area (Å²) in [5.41, 5.74) is 3.18. The molecule has 3 aromatic rings. The first kappa shape index (κ1) is 20.4. The Bertz CT molecular complexity index is 1120. The number of hydrogen-bond donors (Lipinski definition) is 1. The minimum absolute atomic E-state index is 0.0433. The van der Waals surface area contributed by atoms with E-state index in [2.05, 4.69) is 44.0 Å². The number of fused-ring (bicyclic) bond motifs is 1. The van der Waals surface area contributed by atoms with Crippen LogP contribution in [0.3, 0.4) is 0 Å². The second-order valence-corrected chi connectivity index (χ2v) is 8.29. The lowest BCUT2D eigenvalue weighted by molar-refractivity contribution is -0.117. The molecular weight excluding hydrogens is 442 g/mol. The van der Waals surface area contributed by atoms with Crippen LogP contribution in [-0.2, 0) is 16.1 Å². The zero-order chi connectivity index (χ0) is 20.9. The predicted octanol–water partition coefficient (Wildman–Crippen LogP) is 4.65.